The van der Waals surface area contributed by atoms with Crippen molar-refractivity contribution in [3.05, 3.63) is 25.3 Å². The molecular formula is C18H31O8P. The highest BCUT2D eigenvalue weighted by molar-refractivity contribution is 7.47. The van der Waals surface area contributed by atoms with Crippen LogP contribution in [0, 0.1) is 11.8 Å². The summed E-state index contributed by atoms with van der Waals surface area (Å²) in [5, 5.41) is 0. The van der Waals surface area contributed by atoms with Gasteiger partial charge in [-0.1, -0.05) is 39.8 Å². The van der Waals surface area contributed by atoms with Crippen LogP contribution in [0.15, 0.2) is 25.3 Å². The van der Waals surface area contributed by atoms with E-state index in [1.165, 1.54) is 0 Å². The zero-order valence-electron chi connectivity index (χ0n) is 16.1. The molecule has 0 aromatic rings. The number of phosphoric ester groups is 1. The van der Waals surface area contributed by atoms with Crippen molar-refractivity contribution in [2.45, 2.75) is 39.5 Å². The van der Waals surface area contributed by atoms with Gasteiger partial charge in [-0.3, -0.25) is 9.05 Å². The van der Waals surface area contributed by atoms with Crippen LogP contribution in [0.3, 0.4) is 0 Å². The first-order chi connectivity index (χ1) is 12.8. The molecule has 0 aromatic heterocycles. The van der Waals surface area contributed by atoms with Gasteiger partial charge in [0.25, 0.3) is 0 Å². The maximum Gasteiger partial charge on any atom is 0.472 e. The lowest BCUT2D eigenvalue weighted by molar-refractivity contribution is -0.140. The second-order valence-corrected chi connectivity index (χ2v) is 7.49. The second kappa shape index (κ2) is 14.6. The maximum absolute atomic E-state index is 12.1. The average Bonchev–Trinajstić information content (AvgIpc) is 2.65. The van der Waals surface area contributed by atoms with Crippen LogP contribution in [0.2, 0.25) is 0 Å². The topological polar surface area (TPSA) is 108 Å². The van der Waals surface area contributed by atoms with Gasteiger partial charge in [-0.15, -0.1) is 0 Å². The van der Waals surface area contributed by atoms with Crippen LogP contribution in [0.1, 0.15) is 39.5 Å². The summed E-state index contributed by atoms with van der Waals surface area (Å²) < 4.78 is 32.1. The molecule has 0 aliphatic rings. The Hall–Kier alpha value is -1.47. The summed E-state index contributed by atoms with van der Waals surface area (Å²) in [6.45, 7) is 10.5. The summed E-state index contributed by atoms with van der Waals surface area (Å²) in [6.07, 6.45) is 5.00. The molecule has 0 aromatic carbocycles. The van der Waals surface area contributed by atoms with Gasteiger partial charge in [0.05, 0.1) is 26.4 Å². The van der Waals surface area contributed by atoms with Crippen LogP contribution < -0.4 is 0 Å². The quantitative estimate of drug-likeness (QED) is 0.236. The first kappa shape index (κ1) is 25.5. The molecule has 2 atom stereocenters. The molecule has 8 nitrogen and oxygen atoms in total. The third kappa shape index (κ3) is 13.4. The number of esters is 2. The highest BCUT2D eigenvalue weighted by Gasteiger charge is 2.25. The molecule has 9 heteroatoms. The van der Waals surface area contributed by atoms with E-state index in [9.17, 15) is 19.0 Å². The van der Waals surface area contributed by atoms with Crippen LogP contribution in [0.5, 0.6) is 0 Å². The highest BCUT2D eigenvalue weighted by Crippen LogP contribution is 2.44. The van der Waals surface area contributed by atoms with Crippen molar-refractivity contribution >= 4 is 19.8 Å². The van der Waals surface area contributed by atoms with E-state index in [0.717, 1.165) is 25.0 Å². The fourth-order valence-electron chi connectivity index (χ4n) is 2.20. The smallest absolute Gasteiger partial charge is 0.462 e. The molecule has 0 amide bonds. The molecule has 2 unspecified atom stereocenters. The van der Waals surface area contributed by atoms with Gasteiger partial charge in [-0.25, -0.2) is 14.2 Å². The predicted molar refractivity (Wildman–Crippen MR) is 101 cm³/mol. The molecule has 0 rings (SSSR count). The Morgan fingerprint density at radius 2 is 1.26 bits per heavy atom. The molecule has 0 aliphatic heterocycles. The van der Waals surface area contributed by atoms with Crippen molar-refractivity contribution < 1.29 is 37.6 Å². The third-order valence-corrected chi connectivity index (χ3v) is 4.55. The van der Waals surface area contributed by atoms with Crippen LogP contribution in [0.25, 0.3) is 0 Å². The number of hydrogen-bond acceptors (Lipinski definition) is 7. The summed E-state index contributed by atoms with van der Waals surface area (Å²) in [6, 6.07) is 0. The van der Waals surface area contributed by atoms with E-state index in [0.29, 0.717) is 12.8 Å². The SMILES string of the molecule is C=CC(=O)OCC(CCC)COP(=O)(O)OCC(CCC)COC(=O)C=C. The number of carbonyl (C=O) groups excluding carboxylic acids is 2. The van der Waals surface area contributed by atoms with Crippen LogP contribution in [0.4, 0.5) is 0 Å². The minimum absolute atomic E-state index is 0.0641. The van der Waals surface area contributed by atoms with E-state index in [2.05, 4.69) is 13.2 Å². The third-order valence-electron chi connectivity index (χ3n) is 3.60. The summed E-state index contributed by atoms with van der Waals surface area (Å²) in [7, 11) is -4.28. The zero-order chi connectivity index (χ0) is 20.7. The van der Waals surface area contributed by atoms with Gasteiger partial charge in [0.1, 0.15) is 0 Å². The number of ether oxygens (including phenoxy) is 2. The summed E-state index contributed by atoms with van der Waals surface area (Å²) >= 11 is 0. The molecule has 27 heavy (non-hydrogen) atoms. The standard InChI is InChI=1S/C18H31O8P/c1-5-9-15(11-23-17(19)7-3)13-25-27(21,22)26-14-16(10-6-2)12-24-18(20)8-4/h7-8,15-16H,3-6,9-14H2,1-2H3,(H,21,22). The van der Waals surface area contributed by atoms with Crippen molar-refractivity contribution in [3.63, 3.8) is 0 Å². The van der Waals surface area contributed by atoms with E-state index in [1.807, 2.05) is 13.8 Å². The van der Waals surface area contributed by atoms with E-state index in [4.69, 9.17) is 18.5 Å². The van der Waals surface area contributed by atoms with Crippen LogP contribution in [-0.4, -0.2) is 43.3 Å². The molecule has 0 radical (unpaired) electrons. The minimum atomic E-state index is -4.28. The van der Waals surface area contributed by atoms with Gasteiger partial charge >= 0.3 is 19.8 Å². The van der Waals surface area contributed by atoms with E-state index < -0.39 is 19.8 Å². The van der Waals surface area contributed by atoms with Crippen molar-refractivity contribution in [3.8, 4) is 0 Å². The molecule has 0 saturated heterocycles. The van der Waals surface area contributed by atoms with Crippen LogP contribution >= 0.6 is 7.82 Å². The number of rotatable bonds is 16. The Morgan fingerprint density at radius 3 is 1.56 bits per heavy atom. The van der Waals surface area contributed by atoms with Gasteiger partial charge < -0.3 is 14.4 Å². The Morgan fingerprint density at radius 1 is 0.889 bits per heavy atom. The average molecular weight is 406 g/mol. The number of phosphoric acid groups is 1. The molecule has 0 saturated carbocycles. The first-order valence-electron chi connectivity index (χ1n) is 8.98. The number of carbonyl (C=O) groups is 2. The van der Waals surface area contributed by atoms with Crippen molar-refractivity contribution in [2.75, 3.05) is 26.4 Å². The van der Waals surface area contributed by atoms with Gasteiger partial charge in [0, 0.05) is 24.0 Å². The van der Waals surface area contributed by atoms with Crippen LogP contribution in [-0.2, 0) is 32.7 Å². The summed E-state index contributed by atoms with van der Waals surface area (Å²) in [5.74, 6) is -1.59. The van der Waals surface area contributed by atoms with Crippen molar-refractivity contribution in [1.29, 1.82) is 0 Å². The zero-order valence-corrected chi connectivity index (χ0v) is 17.0. The fraction of sp³-hybridized carbons (Fsp3) is 0.667. The molecule has 0 heterocycles. The Bertz CT molecular complexity index is 477. The summed E-state index contributed by atoms with van der Waals surface area (Å²) in [4.78, 5) is 32.1. The predicted octanol–water partition coefficient (Wildman–Crippen LogP) is 3.41. The molecular weight excluding hydrogens is 375 g/mol. The minimum Gasteiger partial charge on any atom is -0.462 e. The number of hydrogen-bond donors (Lipinski definition) is 1. The van der Waals surface area contributed by atoms with E-state index in [1.54, 1.807) is 0 Å². The first-order valence-corrected chi connectivity index (χ1v) is 10.5. The highest BCUT2D eigenvalue weighted by atomic mass is 31.2. The molecule has 156 valence electrons. The lowest BCUT2D eigenvalue weighted by Gasteiger charge is -2.20. The van der Waals surface area contributed by atoms with Crippen molar-refractivity contribution in [2.24, 2.45) is 11.8 Å². The maximum atomic E-state index is 12.1. The summed E-state index contributed by atoms with van der Waals surface area (Å²) in [5.41, 5.74) is 0. The Labute approximate surface area is 161 Å². The molecule has 0 fully saturated rings. The monoisotopic (exact) mass is 406 g/mol. The molecule has 0 spiro atoms. The van der Waals surface area contributed by atoms with Crippen molar-refractivity contribution in [1.82, 2.24) is 0 Å². The molecule has 0 bridgehead atoms. The van der Waals surface area contributed by atoms with Gasteiger partial charge in [-0.05, 0) is 12.8 Å². The van der Waals surface area contributed by atoms with E-state index in [-0.39, 0.29) is 38.3 Å². The Kier molecular flexibility index (Phi) is 13.8. The van der Waals surface area contributed by atoms with Gasteiger partial charge in [-0.2, -0.15) is 0 Å². The lowest BCUT2D eigenvalue weighted by atomic mass is 10.1. The van der Waals surface area contributed by atoms with Gasteiger partial charge in [0.2, 0.25) is 0 Å². The molecule has 1 N–H and O–H groups in total. The largest absolute Gasteiger partial charge is 0.472 e. The van der Waals surface area contributed by atoms with Gasteiger partial charge in [0.15, 0.2) is 0 Å². The second-order valence-electron chi connectivity index (χ2n) is 6.04. The van der Waals surface area contributed by atoms with E-state index >= 15 is 0 Å². The molecule has 0 aliphatic carbocycles. The fourth-order valence-corrected chi connectivity index (χ4v) is 3.07. The Balaban J connectivity index is 4.48. The lowest BCUT2D eigenvalue weighted by Crippen LogP contribution is -2.20. The normalized spacial score (nSPS) is 15.2.